The number of hydrogen-bond donors (Lipinski definition) is 2. The molecule has 3 N–H and O–H groups in total. The number of pyridine rings is 1. The molecule has 29 heavy (non-hydrogen) atoms. The highest BCUT2D eigenvalue weighted by atomic mass is 79.9. The van der Waals surface area contributed by atoms with E-state index >= 15 is 0 Å². The monoisotopic (exact) mass is 470 g/mol. The molecule has 8 heteroatoms. The molecule has 0 bridgehead atoms. The highest BCUT2D eigenvalue weighted by Crippen LogP contribution is 2.38. The van der Waals surface area contributed by atoms with Gasteiger partial charge in [-0.3, -0.25) is 0 Å². The molecule has 146 valence electrons. The summed E-state index contributed by atoms with van der Waals surface area (Å²) in [6, 6.07) is 16.0. The predicted molar refractivity (Wildman–Crippen MR) is 115 cm³/mol. The van der Waals surface area contributed by atoms with Gasteiger partial charge in [0, 0.05) is 15.6 Å². The number of nitrogens with zero attached hydrogens (tertiary/aromatic N) is 1. The summed E-state index contributed by atoms with van der Waals surface area (Å²) >= 11 is 4.85. The first-order valence-electron chi connectivity index (χ1n) is 8.56. The molecule has 0 aliphatic rings. The smallest absolute Gasteiger partial charge is 0.349 e. The predicted octanol–water partition coefficient (Wildman–Crippen LogP) is 5.62. The van der Waals surface area contributed by atoms with Crippen molar-refractivity contribution in [3.8, 4) is 27.8 Å². The van der Waals surface area contributed by atoms with Crippen molar-refractivity contribution in [2.75, 3.05) is 5.73 Å². The first-order chi connectivity index (χ1) is 14.0. The Morgan fingerprint density at radius 2 is 2.00 bits per heavy atom. The van der Waals surface area contributed by atoms with E-state index in [-0.39, 0.29) is 11.6 Å². The number of carboxylic acids is 1. The highest BCUT2D eigenvalue weighted by molar-refractivity contribution is 9.10. The Bertz CT molecular complexity index is 1130. The average Bonchev–Trinajstić information content (AvgIpc) is 3.42. The molecular formula is C21H15BrN2O4S. The van der Waals surface area contributed by atoms with Crippen LogP contribution in [0.2, 0.25) is 0 Å². The number of rotatable bonds is 6. The average molecular weight is 471 g/mol. The first-order valence-corrected chi connectivity index (χ1v) is 10.2. The maximum absolute atomic E-state index is 11.9. The third kappa shape index (κ3) is 4.03. The molecule has 4 rings (SSSR count). The van der Waals surface area contributed by atoms with Crippen LogP contribution in [0.4, 0.5) is 5.69 Å². The van der Waals surface area contributed by atoms with E-state index in [1.165, 1.54) is 11.3 Å². The lowest BCUT2D eigenvalue weighted by molar-refractivity contribution is -0.145. The van der Waals surface area contributed by atoms with E-state index in [1.807, 2.05) is 23.6 Å². The summed E-state index contributed by atoms with van der Waals surface area (Å²) in [6.07, 6.45) is 0.281. The van der Waals surface area contributed by atoms with Crippen molar-refractivity contribution < 1.29 is 19.1 Å². The van der Waals surface area contributed by atoms with Gasteiger partial charge in [0.1, 0.15) is 11.4 Å². The third-order valence-corrected chi connectivity index (χ3v) is 5.63. The van der Waals surface area contributed by atoms with E-state index in [2.05, 4.69) is 20.9 Å². The number of anilines is 1. The number of carbonyl (C=O) groups is 1. The second-order valence-electron chi connectivity index (χ2n) is 6.12. The second-order valence-corrected chi connectivity index (χ2v) is 7.98. The fourth-order valence-corrected chi connectivity index (χ4v) is 3.77. The Morgan fingerprint density at radius 1 is 1.21 bits per heavy atom. The van der Waals surface area contributed by atoms with Crippen molar-refractivity contribution >= 4 is 38.9 Å². The van der Waals surface area contributed by atoms with Crippen LogP contribution in [0.15, 0.2) is 75.1 Å². The number of aliphatic carboxylic acids is 1. The van der Waals surface area contributed by atoms with Gasteiger partial charge in [0.05, 0.1) is 16.8 Å². The van der Waals surface area contributed by atoms with Gasteiger partial charge in [-0.1, -0.05) is 34.1 Å². The van der Waals surface area contributed by atoms with E-state index in [9.17, 15) is 9.90 Å². The van der Waals surface area contributed by atoms with Gasteiger partial charge >= 0.3 is 5.97 Å². The maximum Gasteiger partial charge on any atom is 0.349 e. The van der Waals surface area contributed by atoms with E-state index in [0.29, 0.717) is 22.6 Å². The topological polar surface area (TPSA) is 98.6 Å². The number of carboxylic acid groups (broad SMARTS) is 1. The van der Waals surface area contributed by atoms with Gasteiger partial charge in [-0.25, -0.2) is 9.78 Å². The van der Waals surface area contributed by atoms with E-state index in [4.69, 9.17) is 14.9 Å². The molecule has 0 aliphatic carbocycles. The summed E-state index contributed by atoms with van der Waals surface area (Å²) in [5.41, 5.74) is 8.20. The number of nitrogens with two attached hydrogens (primary N) is 1. The zero-order chi connectivity index (χ0) is 20.4. The zero-order valence-electron chi connectivity index (χ0n) is 14.9. The normalized spacial score (nSPS) is 11.9. The van der Waals surface area contributed by atoms with Crippen LogP contribution in [0.1, 0.15) is 11.7 Å². The quantitative estimate of drug-likeness (QED) is 0.379. The standard InChI is InChI=1S/C21H15BrN2O4S/c22-13-7-5-12(6-8-13)19(21(25)26)28-20-18(23)14(16-3-1-9-27-16)11-15(24-20)17-4-2-10-29-17/h1-11,19H,23H2,(H,25,26). The summed E-state index contributed by atoms with van der Waals surface area (Å²) in [5.74, 6) is -0.560. The molecule has 4 aromatic rings. The fraction of sp³-hybridized carbons (Fsp3) is 0.0476. The van der Waals surface area contributed by atoms with Crippen molar-refractivity contribution in [3.05, 3.63) is 76.3 Å². The molecule has 3 heterocycles. The molecule has 0 fully saturated rings. The number of thiophene rings is 1. The van der Waals surface area contributed by atoms with Crippen LogP contribution in [0.25, 0.3) is 21.9 Å². The fourth-order valence-electron chi connectivity index (χ4n) is 2.82. The van der Waals surface area contributed by atoms with Gasteiger partial charge in [-0.15, -0.1) is 11.3 Å². The Kier molecular flexibility index (Phi) is 5.37. The van der Waals surface area contributed by atoms with Crippen molar-refractivity contribution in [1.82, 2.24) is 4.98 Å². The summed E-state index contributed by atoms with van der Waals surface area (Å²) in [4.78, 5) is 17.3. The van der Waals surface area contributed by atoms with Crippen molar-refractivity contribution in [2.24, 2.45) is 0 Å². The van der Waals surface area contributed by atoms with Gasteiger partial charge in [-0.05, 0) is 41.8 Å². The first kappa shape index (κ1) is 19.2. The zero-order valence-corrected chi connectivity index (χ0v) is 17.3. The van der Waals surface area contributed by atoms with Gasteiger partial charge in [0.25, 0.3) is 0 Å². The Labute approximate surface area is 178 Å². The molecule has 3 aromatic heterocycles. The molecular weight excluding hydrogens is 456 g/mol. The number of halogens is 1. The van der Waals surface area contributed by atoms with Crippen LogP contribution >= 0.6 is 27.3 Å². The van der Waals surface area contributed by atoms with Crippen LogP contribution in [-0.4, -0.2) is 16.1 Å². The molecule has 1 unspecified atom stereocenters. The lowest BCUT2D eigenvalue weighted by Gasteiger charge is -2.18. The second kappa shape index (κ2) is 8.10. The number of aromatic nitrogens is 1. The van der Waals surface area contributed by atoms with Crippen LogP contribution in [-0.2, 0) is 4.79 Å². The van der Waals surface area contributed by atoms with Gasteiger partial charge in [0.15, 0.2) is 0 Å². The molecule has 1 atom stereocenters. The minimum Gasteiger partial charge on any atom is -0.478 e. The Balaban J connectivity index is 1.81. The van der Waals surface area contributed by atoms with Crippen molar-refractivity contribution in [3.63, 3.8) is 0 Å². The molecule has 6 nitrogen and oxygen atoms in total. The van der Waals surface area contributed by atoms with E-state index < -0.39 is 12.1 Å². The molecule has 0 saturated heterocycles. The number of benzene rings is 1. The Morgan fingerprint density at radius 3 is 2.62 bits per heavy atom. The molecule has 1 aromatic carbocycles. The molecule has 0 amide bonds. The van der Waals surface area contributed by atoms with Crippen LogP contribution in [0, 0.1) is 0 Å². The Hall–Kier alpha value is -3.10. The molecule has 0 radical (unpaired) electrons. The van der Waals surface area contributed by atoms with Gasteiger partial charge < -0.3 is 20.0 Å². The largest absolute Gasteiger partial charge is 0.478 e. The number of hydrogen-bond acceptors (Lipinski definition) is 6. The van der Waals surface area contributed by atoms with Crippen LogP contribution in [0.3, 0.4) is 0 Å². The van der Waals surface area contributed by atoms with E-state index in [1.54, 1.807) is 42.7 Å². The van der Waals surface area contributed by atoms with Crippen LogP contribution in [0.5, 0.6) is 5.88 Å². The van der Waals surface area contributed by atoms with E-state index in [0.717, 1.165) is 9.35 Å². The van der Waals surface area contributed by atoms with Crippen LogP contribution < -0.4 is 10.5 Å². The minimum absolute atomic E-state index is 0.0395. The summed E-state index contributed by atoms with van der Waals surface area (Å²) in [6.45, 7) is 0. The molecule has 0 saturated carbocycles. The summed E-state index contributed by atoms with van der Waals surface area (Å²) < 4.78 is 12.2. The number of furan rings is 1. The van der Waals surface area contributed by atoms with Crippen molar-refractivity contribution in [2.45, 2.75) is 6.10 Å². The minimum atomic E-state index is -1.26. The third-order valence-electron chi connectivity index (χ3n) is 4.21. The molecule has 0 spiro atoms. The lowest BCUT2D eigenvalue weighted by atomic mass is 10.1. The summed E-state index contributed by atoms with van der Waals surface area (Å²) in [7, 11) is 0. The van der Waals surface area contributed by atoms with Gasteiger partial charge in [0.2, 0.25) is 12.0 Å². The SMILES string of the molecule is Nc1c(-c2ccco2)cc(-c2cccs2)nc1OC(C(=O)O)c1ccc(Br)cc1. The molecule has 0 aliphatic heterocycles. The highest BCUT2D eigenvalue weighted by Gasteiger charge is 2.25. The summed E-state index contributed by atoms with van der Waals surface area (Å²) in [5, 5.41) is 11.7. The lowest BCUT2D eigenvalue weighted by Crippen LogP contribution is -2.19. The number of ether oxygens (including phenoxy) is 1. The van der Waals surface area contributed by atoms with Crippen molar-refractivity contribution in [1.29, 1.82) is 0 Å². The maximum atomic E-state index is 11.9. The van der Waals surface area contributed by atoms with Gasteiger partial charge in [-0.2, -0.15) is 0 Å². The number of nitrogen functional groups attached to an aromatic ring is 1.